The normalized spacial score (nSPS) is 10.8. The smallest absolute Gasteiger partial charge is 0.335 e. The van der Waals surface area contributed by atoms with Gasteiger partial charge < -0.3 is 5.11 Å². The molecule has 3 aromatic rings. The van der Waals surface area contributed by atoms with Gasteiger partial charge in [0.1, 0.15) is 0 Å². The highest BCUT2D eigenvalue weighted by Gasteiger charge is 2.11. The molecule has 2 nitrogen and oxygen atoms in total. The topological polar surface area (TPSA) is 37.3 Å². The monoisotopic (exact) mass is 268 g/mol. The second-order valence-electron chi connectivity index (χ2n) is 4.48. The van der Waals surface area contributed by atoms with E-state index in [-0.39, 0.29) is 0 Å². The number of carboxylic acid groups (broad SMARTS) is 1. The Bertz CT molecular complexity index is 771. The molecule has 0 atom stereocenters. The average molecular weight is 268 g/mol. The molecule has 1 heterocycles. The van der Waals surface area contributed by atoms with Gasteiger partial charge in [-0.3, -0.25) is 0 Å². The number of carbonyl (C=O) groups is 1. The Morgan fingerprint density at radius 2 is 1.89 bits per heavy atom. The maximum absolute atomic E-state index is 11.1. The van der Waals surface area contributed by atoms with Gasteiger partial charge in [0.15, 0.2) is 0 Å². The Kier molecular flexibility index (Phi) is 2.84. The number of fused-ring (bicyclic) bond motifs is 1. The molecule has 0 aliphatic heterocycles. The van der Waals surface area contributed by atoms with Gasteiger partial charge in [0.25, 0.3) is 0 Å². The summed E-state index contributed by atoms with van der Waals surface area (Å²) in [7, 11) is 0. The van der Waals surface area contributed by atoms with E-state index in [4.69, 9.17) is 5.11 Å². The largest absolute Gasteiger partial charge is 0.478 e. The van der Waals surface area contributed by atoms with E-state index in [1.165, 1.54) is 5.56 Å². The van der Waals surface area contributed by atoms with Gasteiger partial charge in [0, 0.05) is 15.6 Å². The second-order valence-corrected chi connectivity index (χ2v) is 5.39. The van der Waals surface area contributed by atoms with Crippen LogP contribution in [0.2, 0.25) is 0 Å². The van der Waals surface area contributed by atoms with Crippen molar-refractivity contribution in [2.75, 3.05) is 0 Å². The summed E-state index contributed by atoms with van der Waals surface area (Å²) in [5, 5.41) is 12.2. The molecule has 0 fully saturated rings. The quantitative estimate of drug-likeness (QED) is 0.739. The SMILES string of the molecule is Cc1ccccc1-c1csc2ccc(C(=O)O)cc12. The van der Waals surface area contributed by atoms with E-state index in [1.54, 1.807) is 23.5 Å². The first kappa shape index (κ1) is 11.9. The van der Waals surface area contributed by atoms with Crippen LogP contribution in [-0.2, 0) is 0 Å². The molecule has 1 aromatic heterocycles. The third-order valence-electron chi connectivity index (χ3n) is 3.26. The molecule has 2 aromatic carbocycles. The number of aryl methyl sites for hydroxylation is 1. The van der Waals surface area contributed by atoms with Crippen LogP contribution >= 0.6 is 11.3 Å². The minimum atomic E-state index is -0.885. The van der Waals surface area contributed by atoms with E-state index in [2.05, 4.69) is 24.4 Å². The van der Waals surface area contributed by atoms with Gasteiger partial charge >= 0.3 is 5.97 Å². The zero-order chi connectivity index (χ0) is 13.4. The van der Waals surface area contributed by atoms with Crippen LogP contribution in [-0.4, -0.2) is 11.1 Å². The predicted molar refractivity (Wildman–Crippen MR) is 79.0 cm³/mol. The van der Waals surface area contributed by atoms with Crippen LogP contribution in [0.1, 0.15) is 15.9 Å². The molecule has 3 heteroatoms. The molecule has 94 valence electrons. The zero-order valence-corrected chi connectivity index (χ0v) is 11.2. The second kappa shape index (κ2) is 4.52. The number of carboxylic acids is 1. The van der Waals surface area contributed by atoms with Crippen molar-refractivity contribution in [2.24, 2.45) is 0 Å². The highest BCUT2D eigenvalue weighted by Crippen LogP contribution is 2.35. The first-order valence-corrected chi connectivity index (χ1v) is 6.85. The minimum absolute atomic E-state index is 0.334. The van der Waals surface area contributed by atoms with Gasteiger partial charge in [-0.05, 0) is 41.6 Å². The Balaban J connectivity index is 2.27. The number of thiophene rings is 1. The van der Waals surface area contributed by atoms with Crippen LogP contribution in [0.5, 0.6) is 0 Å². The standard InChI is InChI=1S/C16H12O2S/c1-10-4-2-3-5-12(10)14-9-19-15-7-6-11(16(17)18)8-13(14)15/h2-9H,1H3,(H,17,18). The first-order chi connectivity index (χ1) is 9.16. The fourth-order valence-corrected chi connectivity index (χ4v) is 3.19. The summed E-state index contributed by atoms with van der Waals surface area (Å²) in [6, 6.07) is 13.5. The molecular weight excluding hydrogens is 256 g/mol. The summed E-state index contributed by atoms with van der Waals surface area (Å²) in [4.78, 5) is 11.1. The van der Waals surface area contributed by atoms with Crippen LogP contribution in [0.25, 0.3) is 21.2 Å². The van der Waals surface area contributed by atoms with Gasteiger partial charge in [0.05, 0.1) is 5.56 Å². The lowest BCUT2D eigenvalue weighted by Gasteiger charge is -2.04. The third kappa shape index (κ3) is 2.02. The van der Waals surface area contributed by atoms with Gasteiger partial charge in [-0.1, -0.05) is 24.3 Å². The molecule has 0 amide bonds. The molecular formula is C16H12O2S. The van der Waals surface area contributed by atoms with Crippen molar-refractivity contribution in [2.45, 2.75) is 6.92 Å². The first-order valence-electron chi connectivity index (χ1n) is 5.97. The van der Waals surface area contributed by atoms with E-state index in [9.17, 15) is 4.79 Å². The lowest BCUT2D eigenvalue weighted by molar-refractivity contribution is 0.0697. The Hall–Kier alpha value is -2.13. The average Bonchev–Trinajstić information content (AvgIpc) is 2.82. The fourth-order valence-electron chi connectivity index (χ4n) is 2.25. The predicted octanol–water partition coefficient (Wildman–Crippen LogP) is 4.57. The molecule has 0 saturated carbocycles. The van der Waals surface area contributed by atoms with Crippen LogP contribution in [0.15, 0.2) is 47.8 Å². The summed E-state index contributed by atoms with van der Waals surface area (Å²) >= 11 is 1.64. The number of hydrogen-bond acceptors (Lipinski definition) is 2. The number of rotatable bonds is 2. The van der Waals surface area contributed by atoms with Gasteiger partial charge in [-0.25, -0.2) is 4.79 Å². The van der Waals surface area contributed by atoms with Crippen LogP contribution in [0.4, 0.5) is 0 Å². The molecule has 0 bridgehead atoms. The van der Waals surface area contributed by atoms with Crippen molar-refractivity contribution in [3.63, 3.8) is 0 Å². The van der Waals surface area contributed by atoms with E-state index in [0.29, 0.717) is 5.56 Å². The maximum atomic E-state index is 11.1. The molecule has 0 spiro atoms. The molecule has 0 aliphatic rings. The fraction of sp³-hybridized carbons (Fsp3) is 0.0625. The third-order valence-corrected chi connectivity index (χ3v) is 4.22. The van der Waals surface area contributed by atoms with Gasteiger partial charge in [-0.2, -0.15) is 0 Å². The molecule has 0 unspecified atom stereocenters. The molecule has 19 heavy (non-hydrogen) atoms. The van der Waals surface area contributed by atoms with Gasteiger partial charge in [-0.15, -0.1) is 11.3 Å². The summed E-state index contributed by atoms with van der Waals surface area (Å²) in [6.07, 6.45) is 0. The highest BCUT2D eigenvalue weighted by atomic mass is 32.1. The van der Waals surface area contributed by atoms with E-state index in [0.717, 1.165) is 21.2 Å². The van der Waals surface area contributed by atoms with E-state index in [1.807, 2.05) is 18.2 Å². The van der Waals surface area contributed by atoms with Crippen molar-refractivity contribution in [3.05, 3.63) is 59.0 Å². The zero-order valence-electron chi connectivity index (χ0n) is 10.4. The van der Waals surface area contributed by atoms with Crippen molar-refractivity contribution < 1.29 is 9.90 Å². The molecule has 3 rings (SSSR count). The van der Waals surface area contributed by atoms with Gasteiger partial charge in [0.2, 0.25) is 0 Å². The molecule has 0 radical (unpaired) electrons. The molecule has 0 aliphatic carbocycles. The summed E-state index contributed by atoms with van der Waals surface area (Å²) < 4.78 is 1.11. The maximum Gasteiger partial charge on any atom is 0.335 e. The minimum Gasteiger partial charge on any atom is -0.478 e. The summed E-state index contributed by atoms with van der Waals surface area (Å²) in [5.41, 5.74) is 3.81. The Labute approximate surface area is 114 Å². The molecule has 0 saturated heterocycles. The van der Waals surface area contributed by atoms with Crippen LogP contribution in [0.3, 0.4) is 0 Å². The van der Waals surface area contributed by atoms with Crippen LogP contribution in [0, 0.1) is 6.92 Å². The summed E-state index contributed by atoms with van der Waals surface area (Å²) in [5.74, 6) is -0.885. The highest BCUT2D eigenvalue weighted by molar-refractivity contribution is 7.17. The van der Waals surface area contributed by atoms with Crippen molar-refractivity contribution in [1.29, 1.82) is 0 Å². The Morgan fingerprint density at radius 3 is 2.63 bits per heavy atom. The number of benzene rings is 2. The van der Waals surface area contributed by atoms with Crippen LogP contribution < -0.4 is 0 Å². The lowest BCUT2D eigenvalue weighted by Crippen LogP contribution is -1.94. The van der Waals surface area contributed by atoms with Crippen molar-refractivity contribution >= 4 is 27.4 Å². The number of hydrogen-bond donors (Lipinski definition) is 1. The Morgan fingerprint density at radius 1 is 1.11 bits per heavy atom. The lowest BCUT2D eigenvalue weighted by atomic mass is 9.99. The molecule has 1 N–H and O–H groups in total. The van der Waals surface area contributed by atoms with Crippen molar-refractivity contribution in [3.8, 4) is 11.1 Å². The van der Waals surface area contributed by atoms with E-state index < -0.39 is 5.97 Å². The van der Waals surface area contributed by atoms with E-state index >= 15 is 0 Å². The summed E-state index contributed by atoms with van der Waals surface area (Å²) in [6.45, 7) is 2.07. The van der Waals surface area contributed by atoms with Crippen molar-refractivity contribution in [1.82, 2.24) is 0 Å². The number of aromatic carboxylic acids is 1.